The Morgan fingerprint density at radius 1 is 1.21 bits per heavy atom. The standard InChI is InChI=1S/C24H28FN5O2S/c1-28(2)19-11-9-18(10-12-19)14-29(15-20-6-5-13-32-20)23(31)16-33-24-27-26-17-30(24)22-8-4-3-7-21(22)25/h3-4,7-12,17,20H,5-6,13-16H2,1-2H3/t20-/m0/s1. The molecular formula is C24H28FN5O2S. The average Bonchev–Trinajstić information content (AvgIpc) is 3.50. The number of thioether (sulfide) groups is 1. The molecule has 0 unspecified atom stereocenters. The Labute approximate surface area is 197 Å². The highest BCUT2D eigenvalue weighted by Gasteiger charge is 2.23. The van der Waals surface area contributed by atoms with E-state index in [0.717, 1.165) is 30.7 Å². The van der Waals surface area contributed by atoms with Gasteiger partial charge in [-0.05, 0) is 42.7 Å². The molecule has 0 radical (unpaired) electrons. The van der Waals surface area contributed by atoms with Crippen LogP contribution in [0.1, 0.15) is 18.4 Å². The van der Waals surface area contributed by atoms with E-state index in [0.29, 0.717) is 23.9 Å². The first kappa shape index (κ1) is 23.3. The van der Waals surface area contributed by atoms with Gasteiger partial charge in [0, 0.05) is 39.5 Å². The Bertz CT molecular complexity index is 1070. The Hall–Kier alpha value is -2.91. The van der Waals surface area contributed by atoms with Gasteiger partial charge in [-0.1, -0.05) is 36.0 Å². The van der Waals surface area contributed by atoms with Crippen molar-refractivity contribution in [1.29, 1.82) is 0 Å². The van der Waals surface area contributed by atoms with Gasteiger partial charge in [-0.2, -0.15) is 0 Å². The topological polar surface area (TPSA) is 63.5 Å². The molecule has 1 aliphatic rings. The fraction of sp³-hybridized carbons (Fsp3) is 0.375. The summed E-state index contributed by atoms with van der Waals surface area (Å²) >= 11 is 1.25. The number of ether oxygens (including phenoxy) is 1. The molecule has 0 saturated carbocycles. The summed E-state index contributed by atoms with van der Waals surface area (Å²) in [7, 11) is 4.00. The lowest BCUT2D eigenvalue weighted by Gasteiger charge is -2.26. The SMILES string of the molecule is CN(C)c1ccc(CN(C[C@@H]2CCCO2)C(=O)CSc2nncn2-c2ccccc2F)cc1. The molecule has 0 aliphatic carbocycles. The second-order valence-corrected chi connectivity index (χ2v) is 9.14. The average molecular weight is 470 g/mol. The van der Waals surface area contributed by atoms with Crippen LogP contribution < -0.4 is 4.90 Å². The van der Waals surface area contributed by atoms with Crippen LogP contribution in [-0.2, 0) is 16.1 Å². The van der Waals surface area contributed by atoms with Gasteiger partial charge in [0.15, 0.2) is 5.16 Å². The molecule has 1 aliphatic heterocycles. The Balaban J connectivity index is 1.45. The molecule has 0 spiro atoms. The summed E-state index contributed by atoms with van der Waals surface area (Å²) in [6, 6.07) is 14.6. The molecule has 1 saturated heterocycles. The van der Waals surface area contributed by atoms with Gasteiger partial charge in [-0.3, -0.25) is 9.36 Å². The molecule has 174 valence electrons. The predicted molar refractivity (Wildman–Crippen MR) is 127 cm³/mol. The lowest BCUT2D eigenvalue weighted by Crippen LogP contribution is -2.38. The smallest absolute Gasteiger partial charge is 0.233 e. The van der Waals surface area contributed by atoms with Gasteiger partial charge in [0.2, 0.25) is 5.91 Å². The zero-order chi connectivity index (χ0) is 23.2. The molecule has 3 aromatic rings. The summed E-state index contributed by atoms with van der Waals surface area (Å²) < 4.78 is 21.6. The number of carbonyl (C=O) groups is 1. The van der Waals surface area contributed by atoms with Crippen molar-refractivity contribution in [3.05, 3.63) is 66.2 Å². The minimum Gasteiger partial charge on any atom is -0.378 e. The number of rotatable bonds is 9. The highest BCUT2D eigenvalue weighted by atomic mass is 32.2. The first-order valence-corrected chi connectivity index (χ1v) is 11.9. The van der Waals surface area contributed by atoms with Gasteiger partial charge in [-0.25, -0.2) is 4.39 Å². The van der Waals surface area contributed by atoms with Crippen molar-refractivity contribution >= 4 is 23.4 Å². The number of carbonyl (C=O) groups excluding carboxylic acids is 1. The van der Waals surface area contributed by atoms with Gasteiger partial charge in [0.1, 0.15) is 12.1 Å². The van der Waals surface area contributed by atoms with Crippen molar-refractivity contribution < 1.29 is 13.9 Å². The van der Waals surface area contributed by atoms with E-state index in [1.165, 1.54) is 24.2 Å². The quantitative estimate of drug-likeness (QED) is 0.445. The van der Waals surface area contributed by atoms with E-state index in [9.17, 15) is 9.18 Å². The molecule has 2 aromatic carbocycles. The summed E-state index contributed by atoms with van der Waals surface area (Å²) in [5, 5.41) is 8.47. The van der Waals surface area contributed by atoms with Crippen LogP contribution in [0.3, 0.4) is 0 Å². The number of para-hydroxylation sites is 1. The van der Waals surface area contributed by atoms with Crippen LogP contribution in [0.5, 0.6) is 0 Å². The number of benzene rings is 2. The fourth-order valence-electron chi connectivity index (χ4n) is 3.76. The van der Waals surface area contributed by atoms with E-state index in [2.05, 4.69) is 22.3 Å². The maximum Gasteiger partial charge on any atom is 0.233 e. The molecule has 7 nitrogen and oxygen atoms in total. The van der Waals surface area contributed by atoms with Crippen LogP contribution in [0.4, 0.5) is 10.1 Å². The van der Waals surface area contributed by atoms with E-state index in [1.54, 1.807) is 22.8 Å². The van der Waals surface area contributed by atoms with Crippen molar-refractivity contribution in [1.82, 2.24) is 19.7 Å². The molecule has 1 atom stereocenters. The maximum absolute atomic E-state index is 14.2. The van der Waals surface area contributed by atoms with Crippen LogP contribution in [0.15, 0.2) is 60.0 Å². The summed E-state index contributed by atoms with van der Waals surface area (Å²) in [6.45, 7) is 1.80. The lowest BCUT2D eigenvalue weighted by molar-refractivity contribution is -0.130. The molecule has 33 heavy (non-hydrogen) atoms. The third-order valence-corrected chi connectivity index (χ3v) is 6.51. The minimum absolute atomic E-state index is 0.0183. The van der Waals surface area contributed by atoms with E-state index < -0.39 is 0 Å². The fourth-order valence-corrected chi connectivity index (χ4v) is 4.59. The van der Waals surface area contributed by atoms with Crippen LogP contribution in [-0.4, -0.2) is 64.7 Å². The first-order chi connectivity index (χ1) is 16.0. The highest BCUT2D eigenvalue weighted by molar-refractivity contribution is 7.99. The van der Waals surface area contributed by atoms with Crippen molar-refractivity contribution in [2.24, 2.45) is 0 Å². The molecule has 1 amide bonds. The molecule has 0 bridgehead atoms. The van der Waals surface area contributed by atoms with Crippen LogP contribution in [0.25, 0.3) is 5.69 Å². The minimum atomic E-state index is -0.369. The molecule has 1 fully saturated rings. The van der Waals surface area contributed by atoms with Gasteiger partial charge >= 0.3 is 0 Å². The predicted octanol–water partition coefficient (Wildman–Crippen LogP) is 3.77. The normalized spacial score (nSPS) is 15.5. The molecule has 2 heterocycles. The van der Waals surface area contributed by atoms with Crippen molar-refractivity contribution in [3.63, 3.8) is 0 Å². The summed E-state index contributed by atoms with van der Waals surface area (Å²) in [4.78, 5) is 17.1. The summed E-state index contributed by atoms with van der Waals surface area (Å²) in [5.74, 6) is -0.211. The molecule has 4 rings (SSSR count). The zero-order valence-electron chi connectivity index (χ0n) is 18.9. The molecule has 0 N–H and O–H groups in total. The third kappa shape index (κ3) is 5.91. The third-order valence-electron chi connectivity index (χ3n) is 5.58. The summed E-state index contributed by atoms with van der Waals surface area (Å²) in [5.41, 5.74) is 2.53. The molecular weight excluding hydrogens is 441 g/mol. The van der Waals surface area contributed by atoms with E-state index >= 15 is 0 Å². The number of nitrogens with zero attached hydrogens (tertiary/aromatic N) is 5. The lowest BCUT2D eigenvalue weighted by atomic mass is 10.1. The van der Waals surface area contributed by atoms with Gasteiger partial charge in [-0.15, -0.1) is 10.2 Å². The molecule has 9 heteroatoms. The number of amides is 1. The van der Waals surface area contributed by atoms with Crippen LogP contribution in [0.2, 0.25) is 0 Å². The second-order valence-electron chi connectivity index (χ2n) is 8.19. The van der Waals surface area contributed by atoms with Crippen molar-refractivity contribution in [2.75, 3.05) is 37.9 Å². The van der Waals surface area contributed by atoms with E-state index in [1.807, 2.05) is 36.0 Å². The number of anilines is 1. The Kier molecular flexibility index (Phi) is 7.61. The van der Waals surface area contributed by atoms with E-state index in [4.69, 9.17) is 4.74 Å². The Morgan fingerprint density at radius 3 is 2.70 bits per heavy atom. The maximum atomic E-state index is 14.2. The number of hydrogen-bond acceptors (Lipinski definition) is 6. The Morgan fingerprint density at radius 2 is 2.00 bits per heavy atom. The second kappa shape index (κ2) is 10.8. The number of hydrogen-bond donors (Lipinski definition) is 0. The van der Waals surface area contributed by atoms with Gasteiger partial charge in [0.05, 0.1) is 17.5 Å². The van der Waals surface area contributed by atoms with Gasteiger partial charge in [0.25, 0.3) is 0 Å². The van der Waals surface area contributed by atoms with Crippen LogP contribution >= 0.6 is 11.8 Å². The largest absolute Gasteiger partial charge is 0.378 e. The first-order valence-electron chi connectivity index (χ1n) is 10.9. The van der Waals surface area contributed by atoms with Crippen molar-refractivity contribution in [3.8, 4) is 5.69 Å². The molecule has 1 aromatic heterocycles. The van der Waals surface area contributed by atoms with Gasteiger partial charge < -0.3 is 14.5 Å². The zero-order valence-corrected chi connectivity index (χ0v) is 19.7. The van der Waals surface area contributed by atoms with Crippen LogP contribution in [0, 0.1) is 5.82 Å². The highest BCUT2D eigenvalue weighted by Crippen LogP contribution is 2.23. The summed E-state index contributed by atoms with van der Waals surface area (Å²) in [6.07, 6.45) is 3.49. The number of halogens is 1. The number of aromatic nitrogens is 3. The van der Waals surface area contributed by atoms with Crippen molar-refractivity contribution in [2.45, 2.75) is 30.6 Å². The monoisotopic (exact) mass is 469 g/mol. The van der Waals surface area contributed by atoms with E-state index in [-0.39, 0.29) is 23.6 Å².